The first-order chi connectivity index (χ1) is 11.1. The maximum atomic E-state index is 13.7. The molecule has 0 bridgehead atoms. The van der Waals surface area contributed by atoms with Gasteiger partial charge in [-0.3, -0.25) is 9.36 Å². The molecular formula is C16H10F2N4O. The standard InChI is InChI=1S/C16H10F2N4O/c17-10-6-12-13(7-11(10)18)22-14(8-15(23)19-12)20-21-16(22)9-4-2-1-3-5-9/h1-7H,8H2,(H,19,23). The monoisotopic (exact) mass is 312 g/mol. The fourth-order valence-electron chi connectivity index (χ4n) is 2.62. The van der Waals surface area contributed by atoms with Crippen LogP contribution in [-0.2, 0) is 11.2 Å². The minimum absolute atomic E-state index is 0.0300. The molecule has 1 N–H and O–H groups in total. The molecule has 114 valence electrons. The van der Waals surface area contributed by atoms with Crippen LogP contribution in [0.1, 0.15) is 5.82 Å². The minimum atomic E-state index is -1.03. The summed E-state index contributed by atoms with van der Waals surface area (Å²) in [6.07, 6.45) is -0.0300. The molecule has 4 rings (SSSR count). The maximum absolute atomic E-state index is 13.7. The molecule has 0 saturated heterocycles. The van der Waals surface area contributed by atoms with Gasteiger partial charge in [-0.25, -0.2) is 8.78 Å². The molecule has 1 amide bonds. The predicted octanol–water partition coefficient (Wildman–Crippen LogP) is 2.71. The molecule has 0 atom stereocenters. The van der Waals surface area contributed by atoms with E-state index in [4.69, 9.17) is 0 Å². The lowest BCUT2D eigenvalue weighted by molar-refractivity contribution is -0.115. The van der Waals surface area contributed by atoms with Crippen molar-refractivity contribution in [1.29, 1.82) is 0 Å². The number of halogens is 2. The summed E-state index contributed by atoms with van der Waals surface area (Å²) in [4.78, 5) is 11.9. The number of carbonyl (C=O) groups excluding carboxylic acids is 1. The zero-order chi connectivity index (χ0) is 16.0. The van der Waals surface area contributed by atoms with Crippen LogP contribution in [0.25, 0.3) is 17.1 Å². The molecule has 0 spiro atoms. The molecule has 0 unspecified atom stereocenters. The molecule has 7 heteroatoms. The van der Waals surface area contributed by atoms with Crippen LogP contribution in [0.5, 0.6) is 0 Å². The van der Waals surface area contributed by atoms with Crippen LogP contribution < -0.4 is 5.32 Å². The highest BCUT2D eigenvalue weighted by Crippen LogP contribution is 2.31. The van der Waals surface area contributed by atoms with Crippen LogP contribution >= 0.6 is 0 Å². The number of hydrogen-bond donors (Lipinski definition) is 1. The van der Waals surface area contributed by atoms with Crippen LogP contribution in [0.4, 0.5) is 14.5 Å². The number of fused-ring (bicyclic) bond motifs is 3. The van der Waals surface area contributed by atoms with Gasteiger partial charge in [0, 0.05) is 17.7 Å². The van der Waals surface area contributed by atoms with Crippen molar-refractivity contribution in [2.75, 3.05) is 5.32 Å². The van der Waals surface area contributed by atoms with Crippen LogP contribution in [0.3, 0.4) is 0 Å². The molecule has 0 aliphatic carbocycles. The molecule has 2 aromatic carbocycles. The van der Waals surface area contributed by atoms with Gasteiger partial charge >= 0.3 is 0 Å². The van der Waals surface area contributed by atoms with Gasteiger partial charge in [0.15, 0.2) is 17.5 Å². The zero-order valence-electron chi connectivity index (χ0n) is 11.8. The Hall–Kier alpha value is -3.09. The van der Waals surface area contributed by atoms with Gasteiger partial charge in [-0.2, -0.15) is 0 Å². The Balaban J connectivity index is 2.02. The fourth-order valence-corrected chi connectivity index (χ4v) is 2.62. The smallest absolute Gasteiger partial charge is 0.232 e. The molecule has 0 saturated carbocycles. The number of anilines is 1. The first kappa shape index (κ1) is 13.6. The van der Waals surface area contributed by atoms with Crippen LogP contribution in [0.2, 0.25) is 0 Å². The van der Waals surface area contributed by atoms with Gasteiger partial charge in [0.1, 0.15) is 5.82 Å². The van der Waals surface area contributed by atoms with Crippen molar-refractivity contribution in [3.63, 3.8) is 0 Å². The normalized spacial score (nSPS) is 13.0. The van der Waals surface area contributed by atoms with E-state index in [9.17, 15) is 13.6 Å². The van der Waals surface area contributed by atoms with Gasteiger partial charge in [0.05, 0.1) is 17.8 Å². The summed E-state index contributed by atoms with van der Waals surface area (Å²) < 4.78 is 28.8. The second kappa shape index (κ2) is 4.98. The third-order valence-electron chi connectivity index (χ3n) is 3.63. The van der Waals surface area contributed by atoms with E-state index >= 15 is 0 Å². The van der Waals surface area contributed by atoms with E-state index in [0.717, 1.165) is 17.7 Å². The average molecular weight is 312 g/mol. The lowest BCUT2D eigenvalue weighted by Crippen LogP contribution is -2.13. The van der Waals surface area contributed by atoms with E-state index in [1.807, 2.05) is 30.3 Å². The summed E-state index contributed by atoms with van der Waals surface area (Å²) in [6.45, 7) is 0. The number of benzene rings is 2. The van der Waals surface area contributed by atoms with E-state index in [0.29, 0.717) is 17.3 Å². The number of amides is 1. The Morgan fingerprint density at radius 2 is 1.78 bits per heavy atom. The van der Waals surface area contributed by atoms with Gasteiger partial charge in [-0.05, 0) is 0 Å². The second-order valence-corrected chi connectivity index (χ2v) is 5.15. The zero-order valence-corrected chi connectivity index (χ0v) is 11.8. The number of carbonyl (C=O) groups is 1. The lowest BCUT2D eigenvalue weighted by atomic mass is 10.2. The molecule has 0 fully saturated rings. The first-order valence-corrected chi connectivity index (χ1v) is 6.92. The van der Waals surface area contributed by atoms with E-state index in [-0.39, 0.29) is 18.0 Å². The second-order valence-electron chi connectivity index (χ2n) is 5.15. The van der Waals surface area contributed by atoms with Gasteiger partial charge in [0.2, 0.25) is 5.91 Å². The third-order valence-corrected chi connectivity index (χ3v) is 3.63. The minimum Gasteiger partial charge on any atom is -0.324 e. The summed E-state index contributed by atoms with van der Waals surface area (Å²) in [5, 5.41) is 10.7. The molecule has 2 heterocycles. The highest BCUT2D eigenvalue weighted by atomic mass is 19.2. The van der Waals surface area contributed by atoms with Crippen LogP contribution in [0, 0.1) is 11.6 Å². The number of nitrogens with one attached hydrogen (secondary N) is 1. The van der Waals surface area contributed by atoms with Crippen LogP contribution in [0.15, 0.2) is 42.5 Å². The van der Waals surface area contributed by atoms with Gasteiger partial charge in [-0.1, -0.05) is 30.3 Å². The van der Waals surface area contributed by atoms with E-state index < -0.39 is 11.6 Å². The summed E-state index contributed by atoms with van der Waals surface area (Å²) in [5.41, 5.74) is 1.24. The Morgan fingerprint density at radius 3 is 2.57 bits per heavy atom. The van der Waals surface area contributed by atoms with Crippen molar-refractivity contribution >= 4 is 11.6 Å². The van der Waals surface area contributed by atoms with Gasteiger partial charge in [-0.15, -0.1) is 10.2 Å². The van der Waals surface area contributed by atoms with Crippen molar-refractivity contribution in [3.05, 3.63) is 59.9 Å². The van der Waals surface area contributed by atoms with Gasteiger partial charge < -0.3 is 5.32 Å². The maximum Gasteiger partial charge on any atom is 0.232 e. The van der Waals surface area contributed by atoms with E-state index in [1.165, 1.54) is 0 Å². The first-order valence-electron chi connectivity index (χ1n) is 6.92. The van der Waals surface area contributed by atoms with Gasteiger partial charge in [0.25, 0.3) is 0 Å². The summed E-state index contributed by atoms with van der Waals surface area (Å²) in [5.74, 6) is -1.56. The topological polar surface area (TPSA) is 59.8 Å². The Labute approximate surface area is 129 Å². The Kier molecular flexibility index (Phi) is 2.94. The molecule has 1 aliphatic rings. The third kappa shape index (κ3) is 2.17. The molecule has 1 aromatic heterocycles. The summed E-state index contributed by atoms with van der Waals surface area (Å²) in [7, 11) is 0. The van der Waals surface area contributed by atoms with Crippen molar-refractivity contribution in [3.8, 4) is 17.1 Å². The molecular weight excluding hydrogens is 302 g/mol. The van der Waals surface area contributed by atoms with Crippen LogP contribution in [-0.4, -0.2) is 20.7 Å². The quantitative estimate of drug-likeness (QED) is 0.751. The highest BCUT2D eigenvalue weighted by Gasteiger charge is 2.25. The number of hydrogen-bond acceptors (Lipinski definition) is 3. The van der Waals surface area contributed by atoms with Crippen molar-refractivity contribution in [2.45, 2.75) is 6.42 Å². The molecule has 0 radical (unpaired) electrons. The predicted molar refractivity (Wildman–Crippen MR) is 79.0 cm³/mol. The fraction of sp³-hybridized carbons (Fsp3) is 0.0625. The van der Waals surface area contributed by atoms with Crippen molar-refractivity contribution in [2.24, 2.45) is 0 Å². The number of nitrogens with zero attached hydrogens (tertiary/aromatic N) is 3. The summed E-state index contributed by atoms with van der Waals surface area (Å²) in [6, 6.07) is 11.2. The van der Waals surface area contributed by atoms with E-state index in [2.05, 4.69) is 15.5 Å². The Morgan fingerprint density at radius 1 is 1.04 bits per heavy atom. The molecule has 1 aliphatic heterocycles. The SMILES string of the molecule is O=C1Cc2nnc(-c3ccccc3)n2-c2cc(F)c(F)cc2N1. The largest absolute Gasteiger partial charge is 0.324 e. The lowest BCUT2D eigenvalue weighted by Gasteiger charge is -2.12. The van der Waals surface area contributed by atoms with E-state index in [1.54, 1.807) is 4.57 Å². The summed E-state index contributed by atoms with van der Waals surface area (Å²) >= 11 is 0. The molecule has 23 heavy (non-hydrogen) atoms. The van der Waals surface area contributed by atoms with Crippen molar-refractivity contribution < 1.29 is 13.6 Å². The Bertz CT molecular complexity index is 921. The average Bonchev–Trinajstić information content (AvgIpc) is 2.89. The van der Waals surface area contributed by atoms with Crippen molar-refractivity contribution in [1.82, 2.24) is 14.8 Å². The number of rotatable bonds is 1. The molecule has 5 nitrogen and oxygen atoms in total. The number of aromatic nitrogens is 3. The highest BCUT2D eigenvalue weighted by molar-refractivity contribution is 5.95. The molecule has 3 aromatic rings.